The molecule has 1 aliphatic heterocycles. The van der Waals surface area contributed by atoms with E-state index in [1.54, 1.807) is 6.21 Å². The number of ether oxygens (including phenoxy) is 1. The molecule has 1 aromatic rings. The van der Waals surface area contributed by atoms with Crippen LogP contribution in [0.25, 0.3) is 0 Å². The van der Waals surface area contributed by atoms with Gasteiger partial charge in [-0.3, -0.25) is 0 Å². The van der Waals surface area contributed by atoms with Crippen LogP contribution >= 0.6 is 24.0 Å². The van der Waals surface area contributed by atoms with Crippen molar-refractivity contribution < 1.29 is 4.74 Å². The molecule has 0 spiro atoms. The van der Waals surface area contributed by atoms with E-state index in [-0.39, 0.29) is 17.9 Å². The standard InChI is InChI=1S/C12H14ClN3O.ClH/c1-12(2)8-17-11(15-12)16-14-7-9-3-5-10(13)6-4-9;/h3-7H,8H2,1-2H3,(H,15,16);1H/b14-7+;. The summed E-state index contributed by atoms with van der Waals surface area (Å²) in [6.07, 6.45) is 1.69. The summed E-state index contributed by atoms with van der Waals surface area (Å²) in [4.78, 5) is 4.31. The smallest absolute Gasteiger partial charge is 0.306 e. The summed E-state index contributed by atoms with van der Waals surface area (Å²) in [5, 5.41) is 4.75. The lowest BCUT2D eigenvalue weighted by Crippen LogP contribution is -2.17. The summed E-state index contributed by atoms with van der Waals surface area (Å²) in [6, 6.07) is 7.86. The number of hydrogen-bond acceptors (Lipinski definition) is 4. The molecule has 0 bridgehead atoms. The van der Waals surface area contributed by atoms with Crippen LogP contribution in [0.2, 0.25) is 5.02 Å². The largest absolute Gasteiger partial charge is 0.461 e. The maximum atomic E-state index is 5.78. The fraction of sp³-hybridized carbons (Fsp3) is 0.333. The van der Waals surface area contributed by atoms with Crippen molar-refractivity contribution in [1.82, 2.24) is 5.43 Å². The van der Waals surface area contributed by atoms with Gasteiger partial charge in [-0.15, -0.1) is 12.4 Å². The number of rotatable bonds is 2. The van der Waals surface area contributed by atoms with Crippen molar-refractivity contribution in [2.45, 2.75) is 19.4 Å². The molecule has 0 saturated carbocycles. The fourth-order valence-electron chi connectivity index (χ4n) is 1.35. The molecule has 0 unspecified atom stereocenters. The van der Waals surface area contributed by atoms with Crippen LogP contribution in [0.3, 0.4) is 0 Å². The Labute approximate surface area is 117 Å². The Morgan fingerprint density at radius 1 is 1.39 bits per heavy atom. The minimum Gasteiger partial charge on any atom is -0.461 e. The second kappa shape index (κ2) is 6.07. The van der Waals surface area contributed by atoms with Crippen LogP contribution in [0.15, 0.2) is 34.4 Å². The summed E-state index contributed by atoms with van der Waals surface area (Å²) in [6.45, 7) is 4.58. The van der Waals surface area contributed by atoms with Crippen LogP contribution in [0.5, 0.6) is 0 Å². The average Bonchev–Trinajstić information content (AvgIpc) is 2.61. The number of hydrogen-bond donors (Lipinski definition) is 1. The van der Waals surface area contributed by atoms with Crippen LogP contribution < -0.4 is 5.43 Å². The molecule has 98 valence electrons. The molecular formula is C12H15Cl2N3O. The molecule has 1 N–H and O–H groups in total. The maximum absolute atomic E-state index is 5.78. The predicted molar refractivity (Wildman–Crippen MR) is 76.9 cm³/mol. The zero-order chi connectivity index (χ0) is 12.3. The first-order chi connectivity index (χ1) is 8.05. The number of benzene rings is 1. The highest BCUT2D eigenvalue weighted by Gasteiger charge is 2.25. The van der Waals surface area contributed by atoms with Crippen molar-refractivity contribution in [3.05, 3.63) is 34.9 Å². The highest BCUT2D eigenvalue weighted by molar-refractivity contribution is 6.30. The highest BCUT2D eigenvalue weighted by Crippen LogP contribution is 2.15. The van der Waals surface area contributed by atoms with Gasteiger partial charge in [-0.25, -0.2) is 10.4 Å². The van der Waals surface area contributed by atoms with E-state index >= 15 is 0 Å². The van der Waals surface area contributed by atoms with Gasteiger partial charge in [-0.2, -0.15) is 5.10 Å². The van der Waals surface area contributed by atoms with E-state index in [2.05, 4.69) is 15.5 Å². The molecule has 0 saturated heterocycles. The van der Waals surface area contributed by atoms with Gasteiger partial charge in [-0.05, 0) is 31.5 Å². The monoisotopic (exact) mass is 287 g/mol. The van der Waals surface area contributed by atoms with Gasteiger partial charge in [0.15, 0.2) is 0 Å². The van der Waals surface area contributed by atoms with Crippen LogP contribution in [0, 0.1) is 0 Å². The van der Waals surface area contributed by atoms with E-state index in [4.69, 9.17) is 16.3 Å². The Bertz CT molecular complexity index is 455. The molecule has 6 heteroatoms. The number of nitrogens with zero attached hydrogens (tertiary/aromatic N) is 2. The van der Waals surface area contributed by atoms with Gasteiger partial charge in [0.25, 0.3) is 0 Å². The Morgan fingerprint density at radius 3 is 2.61 bits per heavy atom. The second-order valence-electron chi connectivity index (χ2n) is 4.44. The number of hydrazone groups is 1. The van der Waals surface area contributed by atoms with Crippen molar-refractivity contribution in [2.24, 2.45) is 10.1 Å². The lowest BCUT2D eigenvalue weighted by molar-refractivity contribution is 0.270. The zero-order valence-corrected chi connectivity index (χ0v) is 11.8. The van der Waals surface area contributed by atoms with E-state index in [9.17, 15) is 0 Å². The third kappa shape index (κ3) is 4.20. The maximum Gasteiger partial charge on any atom is 0.306 e. The van der Waals surface area contributed by atoms with Gasteiger partial charge in [0.1, 0.15) is 6.61 Å². The Kier molecular flexibility index (Phi) is 4.99. The first-order valence-corrected chi connectivity index (χ1v) is 5.70. The third-order valence-corrected chi connectivity index (χ3v) is 2.46. The molecule has 0 amide bonds. The normalized spacial score (nSPS) is 16.9. The number of aliphatic imine (C=N–C) groups is 1. The van der Waals surface area contributed by atoms with Crippen molar-refractivity contribution in [3.63, 3.8) is 0 Å². The lowest BCUT2D eigenvalue weighted by atomic mass is 10.1. The molecule has 0 fully saturated rings. The van der Waals surface area contributed by atoms with Gasteiger partial charge in [0.2, 0.25) is 0 Å². The molecule has 2 rings (SSSR count). The van der Waals surface area contributed by atoms with Crippen LogP contribution in [-0.2, 0) is 4.74 Å². The fourth-order valence-corrected chi connectivity index (χ4v) is 1.48. The first-order valence-electron chi connectivity index (χ1n) is 5.32. The Morgan fingerprint density at radius 2 is 2.06 bits per heavy atom. The highest BCUT2D eigenvalue weighted by atomic mass is 35.5. The summed E-state index contributed by atoms with van der Waals surface area (Å²) >= 11 is 5.78. The summed E-state index contributed by atoms with van der Waals surface area (Å²) in [5.41, 5.74) is 3.55. The SMILES string of the molecule is CC1(C)COC(N/N=C/c2ccc(Cl)cc2)=N1.Cl. The summed E-state index contributed by atoms with van der Waals surface area (Å²) < 4.78 is 5.33. The molecule has 0 aromatic heterocycles. The number of halogens is 2. The summed E-state index contributed by atoms with van der Waals surface area (Å²) in [7, 11) is 0. The van der Waals surface area contributed by atoms with E-state index in [1.807, 2.05) is 38.1 Å². The number of amidine groups is 1. The summed E-state index contributed by atoms with van der Waals surface area (Å²) in [5.74, 6) is 0. The molecular weight excluding hydrogens is 273 g/mol. The molecule has 4 nitrogen and oxygen atoms in total. The van der Waals surface area contributed by atoms with Gasteiger partial charge in [0.05, 0.1) is 11.8 Å². The van der Waals surface area contributed by atoms with E-state index in [0.29, 0.717) is 17.7 Å². The van der Waals surface area contributed by atoms with Gasteiger partial charge in [0, 0.05) is 5.02 Å². The minimum atomic E-state index is -0.169. The zero-order valence-electron chi connectivity index (χ0n) is 10.2. The quantitative estimate of drug-likeness (QED) is 0.672. The first kappa shape index (κ1) is 14.8. The van der Waals surface area contributed by atoms with E-state index in [1.165, 1.54) is 0 Å². The lowest BCUT2D eigenvalue weighted by Gasteiger charge is -2.07. The van der Waals surface area contributed by atoms with Crippen LogP contribution in [-0.4, -0.2) is 24.4 Å². The topological polar surface area (TPSA) is 46.0 Å². The van der Waals surface area contributed by atoms with Crippen molar-refractivity contribution in [2.75, 3.05) is 6.61 Å². The van der Waals surface area contributed by atoms with Crippen molar-refractivity contribution in [1.29, 1.82) is 0 Å². The third-order valence-electron chi connectivity index (χ3n) is 2.21. The molecule has 1 heterocycles. The van der Waals surface area contributed by atoms with Gasteiger partial charge >= 0.3 is 6.02 Å². The molecule has 0 atom stereocenters. The van der Waals surface area contributed by atoms with Crippen LogP contribution in [0.4, 0.5) is 0 Å². The molecule has 18 heavy (non-hydrogen) atoms. The van der Waals surface area contributed by atoms with Gasteiger partial charge < -0.3 is 4.74 Å². The predicted octanol–water partition coefficient (Wildman–Crippen LogP) is 2.85. The molecule has 1 aliphatic rings. The number of nitrogens with one attached hydrogen (secondary N) is 1. The van der Waals surface area contributed by atoms with Gasteiger partial charge in [-0.1, -0.05) is 23.7 Å². The van der Waals surface area contributed by atoms with Crippen LogP contribution in [0.1, 0.15) is 19.4 Å². The molecule has 0 aliphatic carbocycles. The molecule has 1 aromatic carbocycles. The molecule has 0 radical (unpaired) electrons. The average molecular weight is 288 g/mol. The Hall–Kier alpha value is -1.26. The minimum absolute atomic E-state index is 0. The second-order valence-corrected chi connectivity index (χ2v) is 4.88. The Balaban J connectivity index is 0.00000162. The van der Waals surface area contributed by atoms with E-state index < -0.39 is 0 Å². The van der Waals surface area contributed by atoms with Crippen molar-refractivity contribution >= 4 is 36.2 Å². The van der Waals surface area contributed by atoms with E-state index in [0.717, 1.165) is 5.56 Å². The van der Waals surface area contributed by atoms with Crippen molar-refractivity contribution in [3.8, 4) is 0 Å².